The van der Waals surface area contributed by atoms with E-state index < -0.39 is 0 Å². The predicted octanol–water partition coefficient (Wildman–Crippen LogP) is 6.93. The topological polar surface area (TPSA) is 44.7 Å². The number of thioether (sulfide) groups is 1. The number of aryl methyl sites for hydroxylation is 1. The average Bonchev–Trinajstić information content (AvgIpc) is 3.13. The SMILES string of the molecule is CCCCc1ccc(NC(=O)CC2CSC(=NC34CC5CC(CC(C5)C3)C4)N2C(C)C)cc1.Cl. The van der Waals surface area contributed by atoms with Crippen LogP contribution in [0, 0.1) is 17.8 Å². The number of hydrogen-bond donors (Lipinski definition) is 1. The summed E-state index contributed by atoms with van der Waals surface area (Å²) in [5.74, 6) is 3.81. The van der Waals surface area contributed by atoms with Crippen LogP contribution >= 0.6 is 24.2 Å². The lowest BCUT2D eigenvalue weighted by atomic mass is 9.53. The molecule has 4 saturated carbocycles. The number of nitrogens with zero attached hydrogens (tertiary/aromatic N) is 2. The summed E-state index contributed by atoms with van der Waals surface area (Å²) < 4.78 is 0. The molecule has 1 heterocycles. The van der Waals surface area contributed by atoms with Gasteiger partial charge in [-0.25, -0.2) is 0 Å². The van der Waals surface area contributed by atoms with E-state index in [1.807, 2.05) is 23.9 Å². The van der Waals surface area contributed by atoms with Gasteiger partial charge >= 0.3 is 0 Å². The highest BCUT2D eigenvalue weighted by atomic mass is 35.5. The number of anilines is 1. The minimum absolute atomic E-state index is 0. The third-order valence-electron chi connectivity index (χ3n) is 8.39. The van der Waals surface area contributed by atoms with Gasteiger partial charge in [-0.2, -0.15) is 0 Å². The minimum Gasteiger partial charge on any atom is -0.345 e. The highest BCUT2D eigenvalue weighted by Gasteiger charge is 2.51. The molecule has 4 nitrogen and oxygen atoms in total. The second kappa shape index (κ2) is 10.8. The zero-order chi connectivity index (χ0) is 23.0. The average molecular weight is 504 g/mol. The molecule has 1 N–H and O–H groups in total. The minimum atomic E-state index is 0. The number of amides is 1. The number of amidine groups is 1. The van der Waals surface area contributed by atoms with Crippen molar-refractivity contribution >= 4 is 40.9 Å². The molecule has 5 fully saturated rings. The van der Waals surface area contributed by atoms with Crippen molar-refractivity contribution in [3.8, 4) is 0 Å². The van der Waals surface area contributed by atoms with Gasteiger partial charge in [-0.1, -0.05) is 37.2 Å². The van der Waals surface area contributed by atoms with Crippen LogP contribution in [0.25, 0.3) is 0 Å². The summed E-state index contributed by atoms with van der Waals surface area (Å²) >= 11 is 1.89. The van der Waals surface area contributed by atoms with E-state index in [2.05, 4.69) is 43.1 Å². The van der Waals surface area contributed by atoms with Gasteiger partial charge < -0.3 is 10.2 Å². The predicted molar refractivity (Wildman–Crippen MR) is 147 cm³/mol. The van der Waals surface area contributed by atoms with Gasteiger partial charge in [0.25, 0.3) is 0 Å². The maximum atomic E-state index is 12.9. The van der Waals surface area contributed by atoms with Crippen LogP contribution in [0.2, 0.25) is 0 Å². The Morgan fingerprint density at radius 2 is 1.74 bits per heavy atom. The van der Waals surface area contributed by atoms with Crippen molar-refractivity contribution in [2.75, 3.05) is 11.1 Å². The molecule has 1 saturated heterocycles. The summed E-state index contributed by atoms with van der Waals surface area (Å²) in [5.41, 5.74) is 2.45. The molecule has 34 heavy (non-hydrogen) atoms. The maximum Gasteiger partial charge on any atom is 0.226 e. The lowest BCUT2D eigenvalue weighted by Crippen LogP contribution is -2.50. The molecule has 1 amide bonds. The van der Waals surface area contributed by atoms with E-state index in [1.165, 1.54) is 62.1 Å². The van der Waals surface area contributed by atoms with Gasteiger partial charge in [-0.15, -0.1) is 12.4 Å². The highest BCUT2D eigenvalue weighted by Crippen LogP contribution is 2.57. The Labute approximate surface area is 216 Å². The molecular formula is C28H42ClN3OS. The van der Waals surface area contributed by atoms with Gasteiger partial charge in [0.2, 0.25) is 5.91 Å². The number of unbranched alkanes of at least 4 members (excludes halogenated alkanes) is 1. The van der Waals surface area contributed by atoms with Gasteiger partial charge in [-0.05, 0) is 101 Å². The van der Waals surface area contributed by atoms with Crippen LogP contribution in [0.3, 0.4) is 0 Å². The molecule has 0 spiro atoms. The number of benzene rings is 1. The third-order valence-corrected chi connectivity index (χ3v) is 9.50. The quantitative estimate of drug-likeness (QED) is 0.418. The van der Waals surface area contributed by atoms with Crippen LogP contribution < -0.4 is 5.32 Å². The second-order valence-corrected chi connectivity index (χ2v) is 12.5. The molecular weight excluding hydrogens is 462 g/mol. The normalized spacial score (nSPS) is 32.9. The van der Waals surface area contributed by atoms with E-state index in [-0.39, 0.29) is 29.9 Å². The van der Waals surface area contributed by atoms with Crippen molar-refractivity contribution in [3.63, 3.8) is 0 Å². The van der Waals surface area contributed by atoms with E-state index >= 15 is 0 Å². The summed E-state index contributed by atoms with van der Waals surface area (Å²) in [6.45, 7) is 6.72. The van der Waals surface area contributed by atoms with Gasteiger partial charge in [0.05, 0.1) is 5.54 Å². The summed E-state index contributed by atoms with van der Waals surface area (Å²) in [6.07, 6.45) is 12.3. The molecule has 1 aromatic carbocycles. The molecule has 1 aliphatic heterocycles. The maximum absolute atomic E-state index is 12.9. The number of hydrogen-bond acceptors (Lipinski definition) is 3. The number of carbonyl (C=O) groups excluding carboxylic acids is 1. The van der Waals surface area contributed by atoms with Crippen LogP contribution in [0.4, 0.5) is 5.69 Å². The molecule has 1 aromatic rings. The van der Waals surface area contributed by atoms with Crippen molar-refractivity contribution < 1.29 is 4.79 Å². The van der Waals surface area contributed by atoms with Gasteiger partial charge in [0.1, 0.15) is 0 Å². The van der Waals surface area contributed by atoms with Crippen LogP contribution in [-0.2, 0) is 11.2 Å². The van der Waals surface area contributed by atoms with Gasteiger partial charge in [0.15, 0.2) is 5.17 Å². The lowest BCUT2D eigenvalue weighted by molar-refractivity contribution is -0.117. The molecule has 4 aliphatic carbocycles. The van der Waals surface area contributed by atoms with Crippen LogP contribution in [0.1, 0.15) is 84.1 Å². The number of aliphatic imine (C=N–C) groups is 1. The second-order valence-electron chi connectivity index (χ2n) is 11.6. The number of halogens is 1. The van der Waals surface area contributed by atoms with Crippen molar-refractivity contribution in [2.24, 2.45) is 22.7 Å². The number of nitrogens with one attached hydrogen (secondary N) is 1. The third kappa shape index (κ3) is 5.61. The first-order valence-corrected chi connectivity index (χ1v) is 14.3. The van der Waals surface area contributed by atoms with E-state index in [1.54, 1.807) is 0 Å². The fourth-order valence-electron chi connectivity index (χ4n) is 7.34. The smallest absolute Gasteiger partial charge is 0.226 e. The standard InChI is InChI=1S/C28H41N3OS.ClH/c1-4-5-6-20-7-9-24(10-8-20)29-26(32)14-25-18-33-27(31(25)19(2)3)30-28-15-21-11-22(16-28)13-23(12-21)17-28;/h7-10,19,21-23,25H,4-6,11-18H2,1-3H3,(H,29,32);1H. The Morgan fingerprint density at radius 3 is 2.29 bits per heavy atom. The number of carbonyl (C=O) groups is 1. The van der Waals surface area contributed by atoms with Crippen molar-refractivity contribution in [1.82, 2.24) is 4.90 Å². The Hall–Kier alpha value is -1.20. The molecule has 4 bridgehead atoms. The van der Waals surface area contributed by atoms with Crippen LogP contribution in [-0.4, -0.2) is 39.4 Å². The molecule has 1 unspecified atom stereocenters. The summed E-state index contributed by atoms with van der Waals surface area (Å²) in [5, 5.41) is 4.35. The summed E-state index contributed by atoms with van der Waals surface area (Å²) in [6, 6.07) is 8.98. The Bertz CT molecular complexity index is 849. The van der Waals surface area contributed by atoms with E-state index in [0.717, 1.165) is 35.6 Å². The van der Waals surface area contributed by atoms with Gasteiger partial charge in [-0.3, -0.25) is 9.79 Å². The Kier molecular flexibility index (Phi) is 8.24. The van der Waals surface area contributed by atoms with Gasteiger partial charge in [0, 0.05) is 29.9 Å². The van der Waals surface area contributed by atoms with E-state index in [4.69, 9.17) is 4.99 Å². The highest BCUT2D eigenvalue weighted by molar-refractivity contribution is 8.14. The van der Waals surface area contributed by atoms with E-state index in [9.17, 15) is 4.79 Å². The summed E-state index contributed by atoms with van der Waals surface area (Å²) in [7, 11) is 0. The Balaban J connectivity index is 0.00000274. The molecule has 0 radical (unpaired) electrons. The van der Waals surface area contributed by atoms with Crippen molar-refractivity contribution in [1.29, 1.82) is 0 Å². The number of rotatable bonds is 8. The largest absolute Gasteiger partial charge is 0.345 e. The van der Waals surface area contributed by atoms with Crippen LogP contribution in [0.5, 0.6) is 0 Å². The zero-order valence-corrected chi connectivity index (χ0v) is 22.7. The molecule has 0 aromatic heterocycles. The lowest BCUT2D eigenvalue weighted by Gasteiger charge is -2.55. The first-order valence-electron chi connectivity index (χ1n) is 13.3. The first kappa shape index (κ1) is 25.9. The van der Waals surface area contributed by atoms with Crippen molar-refractivity contribution in [2.45, 2.75) is 103 Å². The fourth-order valence-corrected chi connectivity index (χ4v) is 8.73. The van der Waals surface area contributed by atoms with E-state index in [0.29, 0.717) is 12.5 Å². The molecule has 1 atom stereocenters. The zero-order valence-electron chi connectivity index (χ0n) is 21.1. The monoisotopic (exact) mass is 503 g/mol. The molecule has 6 rings (SSSR count). The molecule has 5 aliphatic rings. The van der Waals surface area contributed by atoms with Crippen molar-refractivity contribution in [3.05, 3.63) is 29.8 Å². The fraction of sp³-hybridized carbons (Fsp3) is 0.714. The van der Waals surface area contributed by atoms with Crippen LogP contribution in [0.15, 0.2) is 29.3 Å². The summed E-state index contributed by atoms with van der Waals surface area (Å²) in [4.78, 5) is 20.9. The molecule has 6 heteroatoms. The molecule has 188 valence electrons. The Morgan fingerprint density at radius 1 is 1.12 bits per heavy atom. The first-order chi connectivity index (χ1) is 15.9.